The summed E-state index contributed by atoms with van der Waals surface area (Å²) in [7, 11) is 0. The van der Waals surface area contributed by atoms with Crippen LogP contribution in [0.5, 0.6) is 0 Å². The molecule has 0 spiro atoms. The Balaban J connectivity index is 1.40. The molecule has 0 aliphatic heterocycles. The minimum absolute atomic E-state index is 0.233. The van der Waals surface area contributed by atoms with Gasteiger partial charge in [0.15, 0.2) is 0 Å². The zero-order chi connectivity index (χ0) is 25.2. The van der Waals surface area contributed by atoms with Gasteiger partial charge in [-0.25, -0.2) is 9.87 Å². The summed E-state index contributed by atoms with van der Waals surface area (Å²) in [6, 6.07) is 13.7. The van der Waals surface area contributed by atoms with Gasteiger partial charge in [-0.15, -0.1) is 0 Å². The zero-order valence-corrected chi connectivity index (χ0v) is 20.6. The second kappa shape index (κ2) is 10.1. The predicted molar refractivity (Wildman–Crippen MR) is 139 cm³/mol. The highest BCUT2D eigenvalue weighted by Crippen LogP contribution is 2.38. The molecule has 0 fully saturated rings. The van der Waals surface area contributed by atoms with Gasteiger partial charge in [-0.1, -0.05) is 18.2 Å². The van der Waals surface area contributed by atoms with E-state index in [9.17, 15) is 9.18 Å². The Morgan fingerprint density at radius 1 is 1.22 bits per heavy atom. The number of carbonyl (C=O) groups is 1. The van der Waals surface area contributed by atoms with E-state index in [-0.39, 0.29) is 11.9 Å². The van der Waals surface area contributed by atoms with Crippen molar-refractivity contribution in [1.29, 1.82) is 0 Å². The van der Waals surface area contributed by atoms with E-state index in [1.165, 1.54) is 40.1 Å². The summed E-state index contributed by atoms with van der Waals surface area (Å²) in [4.78, 5) is 20.6. The van der Waals surface area contributed by atoms with Crippen molar-refractivity contribution in [3.8, 4) is 0 Å². The molecule has 6 nitrogen and oxygen atoms in total. The lowest BCUT2D eigenvalue weighted by Gasteiger charge is -2.30. The molecule has 4 aromatic rings. The van der Waals surface area contributed by atoms with E-state index in [1.54, 1.807) is 17.6 Å². The quantitative estimate of drug-likeness (QED) is 0.151. The number of amides is 1. The predicted octanol–water partition coefficient (Wildman–Crippen LogP) is 5.50. The van der Waals surface area contributed by atoms with Gasteiger partial charge < -0.3 is 9.97 Å². The number of aromatic amines is 2. The standard InChI is InChI=1S/C29H31FN4O2/c1-18-13-19(2)32-27(18)17-34(12-11-22-16-31-26-15-23(30)6-8-24(22)26)28-9-5-21-14-20(3-7-25(21)28)4-10-29(35)33-36/h3-4,6-8,10,13-16,28,31-32,36H,5,9,11-12,17H2,1-2H3,(H,33,35)/b10-4+. The maximum Gasteiger partial charge on any atom is 0.267 e. The number of rotatable bonds is 8. The molecule has 0 saturated heterocycles. The molecule has 1 aliphatic rings. The number of hydrogen-bond donors (Lipinski definition) is 4. The first kappa shape index (κ1) is 24.0. The summed E-state index contributed by atoms with van der Waals surface area (Å²) in [5.41, 5.74) is 10.8. The first-order chi connectivity index (χ1) is 17.4. The number of aryl methyl sites for hydroxylation is 3. The molecule has 1 atom stereocenters. The molecule has 0 radical (unpaired) electrons. The largest absolute Gasteiger partial charge is 0.361 e. The molecular formula is C29H31FN4O2. The molecule has 2 heterocycles. The van der Waals surface area contributed by atoms with Crippen LogP contribution in [-0.4, -0.2) is 32.5 Å². The van der Waals surface area contributed by atoms with E-state index in [2.05, 4.69) is 46.9 Å². The molecule has 1 amide bonds. The Hall–Kier alpha value is -3.68. The number of halogens is 1. The average molecular weight is 487 g/mol. The van der Waals surface area contributed by atoms with Crippen LogP contribution in [-0.2, 0) is 24.2 Å². The number of hydroxylamine groups is 1. The molecule has 5 rings (SSSR count). The van der Waals surface area contributed by atoms with E-state index in [1.807, 2.05) is 18.3 Å². The average Bonchev–Trinajstić information content (AvgIpc) is 3.56. The lowest BCUT2D eigenvalue weighted by molar-refractivity contribution is -0.124. The van der Waals surface area contributed by atoms with Crippen LogP contribution in [0.15, 0.2) is 54.7 Å². The van der Waals surface area contributed by atoms with Crippen LogP contribution in [0.2, 0.25) is 0 Å². The summed E-state index contributed by atoms with van der Waals surface area (Å²) in [6.07, 6.45) is 7.88. The number of benzene rings is 2. The van der Waals surface area contributed by atoms with Gasteiger partial charge in [-0.3, -0.25) is 14.9 Å². The molecule has 4 N–H and O–H groups in total. The minimum atomic E-state index is -0.545. The van der Waals surface area contributed by atoms with E-state index in [0.29, 0.717) is 0 Å². The summed E-state index contributed by atoms with van der Waals surface area (Å²) in [6.45, 7) is 5.92. The van der Waals surface area contributed by atoms with Gasteiger partial charge >= 0.3 is 0 Å². The highest BCUT2D eigenvalue weighted by molar-refractivity contribution is 5.90. The van der Waals surface area contributed by atoms with Crippen LogP contribution in [0.3, 0.4) is 0 Å². The fourth-order valence-electron chi connectivity index (χ4n) is 5.43. The summed E-state index contributed by atoms with van der Waals surface area (Å²) >= 11 is 0. The third-order valence-corrected chi connectivity index (χ3v) is 7.21. The lowest BCUT2D eigenvalue weighted by atomic mass is 10.0. The monoisotopic (exact) mass is 486 g/mol. The molecule has 7 heteroatoms. The third-order valence-electron chi connectivity index (χ3n) is 7.21. The van der Waals surface area contributed by atoms with Crippen LogP contribution in [0, 0.1) is 19.7 Å². The van der Waals surface area contributed by atoms with Crippen molar-refractivity contribution < 1.29 is 14.4 Å². The second-order valence-electron chi connectivity index (χ2n) is 9.66. The van der Waals surface area contributed by atoms with Crippen molar-refractivity contribution in [2.45, 2.75) is 45.7 Å². The van der Waals surface area contributed by atoms with Gasteiger partial charge in [-0.05, 0) is 91.3 Å². The summed E-state index contributed by atoms with van der Waals surface area (Å²) in [5, 5.41) is 9.79. The minimum Gasteiger partial charge on any atom is -0.361 e. The molecule has 0 bridgehead atoms. The van der Waals surface area contributed by atoms with Crippen LogP contribution in [0.1, 0.15) is 51.7 Å². The molecule has 1 aliphatic carbocycles. The van der Waals surface area contributed by atoms with Gasteiger partial charge in [0, 0.05) is 53.7 Å². The van der Waals surface area contributed by atoms with Gasteiger partial charge in [0.25, 0.3) is 5.91 Å². The number of hydrogen-bond acceptors (Lipinski definition) is 3. The number of fused-ring (bicyclic) bond motifs is 2. The van der Waals surface area contributed by atoms with E-state index in [4.69, 9.17) is 5.21 Å². The third kappa shape index (κ3) is 4.98. The van der Waals surface area contributed by atoms with Crippen molar-refractivity contribution in [1.82, 2.24) is 20.3 Å². The van der Waals surface area contributed by atoms with Crippen LogP contribution in [0.4, 0.5) is 4.39 Å². The highest BCUT2D eigenvalue weighted by atomic mass is 19.1. The topological polar surface area (TPSA) is 84.2 Å². The maximum absolute atomic E-state index is 13.7. The molecule has 2 aromatic carbocycles. The zero-order valence-electron chi connectivity index (χ0n) is 20.6. The van der Waals surface area contributed by atoms with Crippen molar-refractivity contribution in [3.05, 3.63) is 99.8 Å². The van der Waals surface area contributed by atoms with Crippen molar-refractivity contribution in [2.24, 2.45) is 0 Å². The molecule has 36 heavy (non-hydrogen) atoms. The van der Waals surface area contributed by atoms with Crippen molar-refractivity contribution >= 4 is 22.9 Å². The van der Waals surface area contributed by atoms with E-state index >= 15 is 0 Å². The maximum atomic E-state index is 13.7. The van der Waals surface area contributed by atoms with Gasteiger partial charge in [0.2, 0.25) is 0 Å². The normalized spacial score (nSPS) is 15.3. The van der Waals surface area contributed by atoms with Gasteiger partial charge in [0.1, 0.15) is 5.82 Å². The summed E-state index contributed by atoms with van der Waals surface area (Å²) < 4.78 is 13.7. The first-order valence-corrected chi connectivity index (χ1v) is 12.3. The van der Waals surface area contributed by atoms with Gasteiger partial charge in [-0.2, -0.15) is 0 Å². The lowest BCUT2D eigenvalue weighted by Crippen LogP contribution is -2.29. The molecular weight excluding hydrogens is 455 g/mol. The number of carbonyl (C=O) groups excluding carboxylic acids is 1. The number of nitrogens with zero attached hydrogens (tertiary/aromatic N) is 1. The first-order valence-electron chi connectivity index (χ1n) is 12.3. The van der Waals surface area contributed by atoms with Crippen molar-refractivity contribution in [3.63, 3.8) is 0 Å². The number of nitrogens with one attached hydrogen (secondary N) is 3. The second-order valence-corrected chi connectivity index (χ2v) is 9.66. The Labute approximate surface area is 209 Å². The van der Waals surface area contributed by atoms with Crippen molar-refractivity contribution in [2.75, 3.05) is 6.54 Å². The number of H-pyrrole nitrogens is 2. The highest BCUT2D eigenvalue weighted by Gasteiger charge is 2.29. The van der Waals surface area contributed by atoms with Crippen LogP contribution >= 0.6 is 0 Å². The SMILES string of the molecule is Cc1cc(C)c(CN(CCc2c[nH]c3cc(F)ccc23)C2CCc3cc(/C=C/C(=O)NO)ccc32)[nH]1. The molecule has 2 aromatic heterocycles. The Morgan fingerprint density at radius 2 is 2.08 bits per heavy atom. The van der Waals surface area contributed by atoms with Crippen LogP contribution < -0.4 is 5.48 Å². The fraction of sp³-hybridized carbons (Fsp3) is 0.276. The molecule has 0 saturated carbocycles. The number of aromatic nitrogens is 2. The van der Waals surface area contributed by atoms with E-state index < -0.39 is 5.91 Å². The Bertz CT molecular complexity index is 1430. The Morgan fingerprint density at radius 3 is 2.86 bits per heavy atom. The van der Waals surface area contributed by atoms with Crippen LogP contribution in [0.25, 0.3) is 17.0 Å². The Kier molecular flexibility index (Phi) is 6.76. The molecule has 186 valence electrons. The van der Waals surface area contributed by atoms with Gasteiger partial charge in [0.05, 0.1) is 0 Å². The smallest absolute Gasteiger partial charge is 0.267 e. The molecule has 1 unspecified atom stereocenters. The summed E-state index contributed by atoms with van der Waals surface area (Å²) in [5.74, 6) is -0.778. The fourth-order valence-corrected chi connectivity index (χ4v) is 5.43. The van der Waals surface area contributed by atoms with E-state index in [0.717, 1.165) is 54.5 Å².